The monoisotopic (exact) mass is 519 g/mol. The SMILES string of the molecule is COc1cc2nccc(N[C@H](C)c3cccc(C(F)F)c3F)c2cc1O[C@H]1CCS(=O)(=NC2CC2)C1. The van der Waals surface area contributed by atoms with Crippen LogP contribution in [-0.4, -0.2) is 40.0 Å². The highest BCUT2D eigenvalue weighted by atomic mass is 32.2. The fraction of sp³-hybridized carbons (Fsp3) is 0.423. The first-order valence-corrected chi connectivity index (χ1v) is 13.8. The summed E-state index contributed by atoms with van der Waals surface area (Å²) < 4.78 is 70.4. The lowest BCUT2D eigenvalue weighted by atomic mass is 10.0. The highest BCUT2D eigenvalue weighted by molar-refractivity contribution is 7.93. The van der Waals surface area contributed by atoms with Gasteiger partial charge in [0.15, 0.2) is 11.5 Å². The number of ether oxygens (including phenoxy) is 2. The van der Waals surface area contributed by atoms with Crippen molar-refractivity contribution in [3.8, 4) is 11.5 Å². The molecular weight excluding hydrogens is 491 g/mol. The molecule has 0 radical (unpaired) electrons. The molecule has 3 atom stereocenters. The van der Waals surface area contributed by atoms with E-state index in [2.05, 4.69) is 14.7 Å². The molecule has 6 nitrogen and oxygen atoms in total. The molecule has 1 unspecified atom stereocenters. The van der Waals surface area contributed by atoms with Gasteiger partial charge in [-0.2, -0.15) is 0 Å². The normalized spacial score (nSPS) is 22.6. The number of hydrogen-bond donors (Lipinski definition) is 1. The van der Waals surface area contributed by atoms with E-state index in [1.54, 1.807) is 31.3 Å². The number of rotatable bonds is 8. The van der Waals surface area contributed by atoms with Gasteiger partial charge >= 0.3 is 0 Å². The Morgan fingerprint density at radius 1 is 1.14 bits per heavy atom. The van der Waals surface area contributed by atoms with Crippen LogP contribution in [0.3, 0.4) is 0 Å². The molecule has 36 heavy (non-hydrogen) atoms. The van der Waals surface area contributed by atoms with Crippen LogP contribution < -0.4 is 14.8 Å². The van der Waals surface area contributed by atoms with Crippen LogP contribution in [0, 0.1) is 5.82 Å². The highest BCUT2D eigenvalue weighted by Crippen LogP contribution is 2.38. The van der Waals surface area contributed by atoms with E-state index in [-0.39, 0.29) is 17.7 Å². The van der Waals surface area contributed by atoms with E-state index in [0.29, 0.717) is 46.0 Å². The maximum atomic E-state index is 14.7. The third kappa shape index (κ3) is 5.09. The van der Waals surface area contributed by atoms with Gasteiger partial charge in [0, 0.05) is 34.7 Å². The number of alkyl halides is 2. The van der Waals surface area contributed by atoms with Crippen LogP contribution in [0.2, 0.25) is 0 Å². The Morgan fingerprint density at radius 2 is 1.92 bits per heavy atom. The molecule has 3 aromatic rings. The minimum Gasteiger partial charge on any atom is -0.493 e. The summed E-state index contributed by atoms with van der Waals surface area (Å²) in [4.78, 5) is 4.41. The van der Waals surface area contributed by atoms with E-state index < -0.39 is 33.6 Å². The van der Waals surface area contributed by atoms with Crippen molar-refractivity contribution in [1.29, 1.82) is 0 Å². The van der Waals surface area contributed by atoms with Gasteiger partial charge in [-0.25, -0.2) is 21.7 Å². The molecule has 0 amide bonds. The molecule has 0 spiro atoms. The molecule has 1 aromatic heterocycles. The second-order valence-corrected chi connectivity index (χ2v) is 11.8. The predicted octanol–water partition coefficient (Wildman–Crippen LogP) is 6.27. The summed E-state index contributed by atoms with van der Waals surface area (Å²) in [5.41, 5.74) is 0.781. The lowest BCUT2D eigenvalue weighted by molar-refractivity contribution is 0.146. The molecular formula is C26H28F3N3O3S. The van der Waals surface area contributed by atoms with Crippen LogP contribution in [-0.2, 0) is 9.73 Å². The van der Waals surface area contributed by atoms with E-state index >= 15 is 0 Å². The van der Waals surface area contributed by atoms with Gasteiger partial charge in [0.1, 0.15) is 11.9 Å². The number of nitrogens with zero attached hydrogens (tertiary/aromatic N) is 2. The number of halogens is 3. The molecule has 192 valence electrons. The van der Waals surface area contributed by atoms with Crippen molar-refractivity contribution in [2.75, 3.05) is 23.9 Å². The molecule has 10 heteroatoms. The second-order valence-electron chi connectivity index (χ2n) is 9.30. The molecule has 2 aliphatic rings. The van der Waals surface area contributed by atoms with Crippen LogP contribution in [0.25, 0.3) is 10.9 Å². The quantitative estimate of drug-likeness (QED) is 0.380. The Bertz CT molecular complexity index is 1400. The van der Waals surface area contributed by atoms with Gasteiger partial charge in [0.05, 0.1) is 45.8 Å². The Labute approximate surface area is 208 Å². The van der Waals surface area contributed by atoms with Crippen LogP contribution >= 0.6 is 0 Å². The van der Waals surface area contributed by atoms with Crippen LogP contribution in [0.4, 0.5) is 18.9 Å². The molecule has 1 aliphatic carbocycles. The summed E-state index contributed by atoms with van der Waals surface area (Å²) in [7, 11) is -0.706. The summed E-state index contributed by atoms with van der Waals surface area (Å²) in [5.74, 6) is 0.977. The minimum absolute atomic E-state index is 0.142. The van der Waals surface area contributed by atoms with E-state index in [0.717, 1.165) is 18.9 Å². The van der Waals surface area contributed by atoms with Gasteiger partial charge in [-0.3, -0.25) is 4.98 Å². The standard InChI is InChI=1S/C26H28F3N3O3S/c1-15(18-4-3-5-19(25(18)27)26(28)29)31-21-8-10-30-22-13-23(34-2)24(12-20(21)22)35-17-9-11-36(33,14-17)32-16-6-7-16/h3-5,8,10,12-13,15-17,26H,6-7,9,11,14H2,1-2H3,(H,30,31)/t15-,17+,36?/m1/s1. The number of anilines is 1. The lowest BCUT2D eigenvalue weighted by Gasteiger charge is -2.20. The summed E-state index contributed by atoms with van der Waals surface area (Å²) in [5, 5.41) is 3.93. The molecule has 2 heterocycles. The molecule has 2 fully saturated rings. The molecule has 0 bridgehead atoms. The first-order chi connectivity index (χ1) is 17.3. The van der Waals surface area contributed by atoms with Crippen molar-refractivity contribution in [2.24, 2.45) is 4.36 Å². The van der Waals surface area contributed by atoms with Gasteiger partial charge in [-0.05, 0) is 38.3 Å². The zero-order valence-corrected chi connectivity index (χ0v) is 20.9. The lowest BCUT2D eigenvalue weighted by Crippen LogP contribution is -2.18. The third-order valence-corrected chi connectivity index (χ3v) is 8.99. The van der Waals surface area contributed by atoms with Crippen LogP contribution in [0.5, 0.6) is 11.5 Å². The van der Waals surface area contributed by atoms with Gasteiger partial charge < -0.3 is 14.8 Å². The molecule has 1 N–H and O–H groups in total. The third-order valence-electron chi connectivity index (χ3n) is 6.55. The average molecular weight is 520 g/mol. The molecule has 1 aliphatic heterocycles. The predicted molar refractivity (Wildman–Crippen MR) is 134 cm³/mol. The Hall–Kier alpha value is -3.01. The molecule has 2 aromatic carbocycles. The largest absolute Gasteiger partial charge is 0.493 e. The maximum absolute atomic E-state index is 14.7. The number of nitrogens with one attached hydrogen (secondary N) is 1. The van der Waals surface area contributed by atoms with Crippen molar-refractivity contribution in [2.45, 2.75) is 50.8 Å². The van der Waals surface area contributed by atoms with Gasteiger partial charge in [0.25, 0.3) is 6.43 Å². The van der Waals surface area contributed by atoms with Gasteiger partial charge in [-0.1, -0.05) is 18.2 Å². The van der Waals surface area contributed by atoms with Crippen molar-refractivity contribution in [1.82, 2.24) is 4.98 Å². The Balaban J connectivity index is 1.43. The molecule has 5 rings (SSSR count). The topological polar surface area (TPSA) is 72.8 Å². The van der Waals surface area contributed by atoms with E-state index in [1.165, 1.54) is 19.2 Å². The van der Waals surface area contributed by atoms with Gasteiger partial charge in [-0.15, -0.1) is 0 Å². The summed E-state index contributed by atoms with van der Waals surface area (Å²) in [6, 6.07) is 8.93. The van der Waals surface area contributed by atoms with E-state index in [1.807, 2.05) is 0 Å². The minimum atomic E-state index is -2.89. The smallest absolute Gasteiger partial charge is 0.266 e. The maximum Gasteiger partial charge on any atom is 0.266 e. The highest BCUT2D eigenvalue weighted by Gasteiger charge is 2.32. The summed E-state index contributed by atoms with van der Waals surface area (Å²) in [6.07, 6.45) is 1.13. The van der Waals surface area contributed by atoms with Crippen molar-refractivity contribution in [3.05, 3.63) is 59.5 Å². The number of hydrogen-bond acceptors (Lipinski definition) is 6. The first kappa shape index (κ1) is 24.7. The number of methoxy groups -OCH3 is 1. The van der Waals surface area contributed by atoms with Gasteiger partial charge in [0.2, 0.25) is 0 Å². The van der Waals surface area contributed by atoms with Crippen LogP contribution in [0.1, 0.15) is 49.8 Å². The van der Waals surface area contributed by atoms with Crippen molar-refractivity contribution in [3.63, 3.8) is 0 Å². The Kier molecular flexibility index (Phi) is 6.72. The number of benzene rings is 2. The zero-order chi connectivity index (χ0) is 25.4. The summed E-state index contributed by atoms with van der Waals surface area (Å²) in [6.45, 7) is 1.71. The van der Waals surface area contributed by atoms with Crippen molar-refractivity contribution < 1.29 is 26.9 Å². The van der Waals surface area contributed by atoms with E-state index in [9.17, 15) is 17.4 Å². The zero-order valence-electron chi connectivity index (χ0n) is 20.0. The molecule has 1 saturated carbocycles. The van der Waals surface area contributed by atoms with Crippen molar-refractivity contribution >= 4 is 26.3 Å². The van der Waals surface area contributed by atoms with Crippen LogP contribution in [0.15, 0.2) is 47.0 Å². The Morgan fingerprint density at radius 3 is 2.64 bits per heavy atom. The fourth-order valence-electron chi connectivity index (χ4n) is 4.51. The number of fused-ring (bicyclic) bond motifs is 1. The number of aromatic nitrogens is 1. The second kappa shape index (κ2) is 9.80. The average Bonchev–Trinajstić information content (AvgIpc) is 3.58. The van der Waals surface area contributed by atoms with E-state index in [4.69, 9.17) is 9.47 Å². The molecule has 1 saturated heterocycles. The number of pyridine rings is 1. The first-order valence-electron chi connectivity index (χ1n) is 11.9. The fourth-order valence-corrected chi connectivity index (χ4v) is 7.07. The summed E-state index contributed by atoms with van der Waals surface area (Å²) >= 11 is 0.